The standard InChI is InChI=1S/C11H21N3O2/c1-13-4-2-10(3-5-13)12-11(15)14-6-8-16-9-7-14/h10H,2-9H2,1H3,(H,12,15). The van der Waals surface area contributed by atoms with Crippen molar-refractivity contribution in [3.63, 3.8) is 0 Å². The van der Waals surface area contributed by atoms with Crippen molar-refractivity contribution in [1.82, 2.24) is 15.1 Å². The van der Waals surface area contributed by atoms with E-state index in [4.69, 9.17) is 4.74 Å². The molecule has 0 unspecified atom stereocenters. The fourth-order valence-corrected chi connectivity index (χ4v) is 2.19. The molecule has 2 fully saturated rings. The zero-order valence-corrected chi connectivity index (χ0v) is 9.95. The van der Waals surface area contributed by atoms with Gasteiger partial charge in [0.1, 0.15) is 0 Å². The van der Waals surface area contributed by atoms with Crippen molar-refractivity contribution >= 4 is 6.03 Å². The molecule has 92 valence electrons. The van der Waals surface area contributed by atoms with Crippen LogP contribution in [-0.4, -0.2) is 68.3 Å². The third-order valence-corrected chi connectivity index (χ3v) is 3.34. The minimum Gasteiger partial charge on any atom is -0.378 e. The quantitative estimate of drug-likeness (QED) is 0.692. The molecule has 0 radical (unpaired) electrons. The minimum atomic E-state index is 0.0813. The molecule has 0 spiro atoms. The van der Waals surface area contributed by atoms with Crippen LogP contribution in [0.5, 0.6) is 0 Å². The van der Waals surface area contributed by atoms with Gasteiger partial charge in [-0.3, -0.25) is 0 Å². The Morgan fingerprint density at radius 1 is 1.19 bits per heavy atom. The molecule has 2 rings (SSSR count). The summed E-state index contributed by atoms with van der Waals surface area (Å²) in [7, 11) is 2.13. The van der Waals surface area contributed by atoms with Crippen LogP contribution in [0.4, 0.5) is 4.79 Å². The van der Waals surface area contributed by atoms with Gasteiger partial charge >= 0.3 is 6.03 Å². The summed E-state index contributed by atoms with van der Waals surface area (Å²) in [5, 5.41) is 3.11. The summed E-state index contributed by atoms with van der Waals surface area (Å²) in [4.78, 5) is 16.0. The van der Waals surface area contributed by atoms with E-state index >= 15 is 0 Å². The number of amides is 2. The van der Waals surface area contributed by atoms with Crippen molar-refractivity contribution in [3.05, 3.63) is 0 Å². The normalized spacial score (nSPS) is 24.4. The Morgan fingerprint density at radius 2 is 1.81 bits per heavy atom. The highest BCUT2D eigenvalue weighted by Gasteiger charge is 2.22. The third-order valence-electron chi connectivity index (χ3n) is 3.34. The van der Waals surface area contributed by atoms with Crippen LogP contribution in [0.3, 0.4) is 0 Å². The Morgan fingerprint density at radius 3 is 2.44 bits per heavy atom. The number of nitrogens with zero attached hydrogens (tertiary/aromatic N) is 2. The summed E-state index contributed by atoms with van der Waals surface area (Å²) in [5.74, 6) is 0. The highest BCUT2D eigenvalue weighted by molar-refractivity contribution is 5.74. The summed E-state index contributed by atoms with van der Waals surface area (Å²) >= 11 is 0. The highest BCUT2D eigenvalue weighted by Crippen LogP contribution is 2.09. The number of hydrogen-bond acceptors (Lipinski definition) is 3. The number of piperidine rings is 1. The van der Waals surface area contributed by atoms with Gasteiger partial charge < -0.3 is 19.9 Å². The Hall–Kier alpha value is -0.810. The Labute approximate surface area is 96.7 Å². The van der Waals surface area contributed by atoms with Gasteiger partial charge in [0.15, 0.2) is 0 Å². The number of likely N-dealkylation sites (tertiary alicyclic amines) is 1. The molecule has 0 aromatic rings. The summed E-state index contributed by atoms with van der Waals surface area (Å²) in [5.41, 5.74) is 0. The van der Waals surface area contributed by atoms with E-state index in [0.29, 0.717) is 19.3 Å². The fraction of sp³-hybridized carbons (Fsp3) is 0.909. The molecule has 2 heterocycles. The Kier molecular flexibility index (Phi) is 4.01. The SMILES string of the molecule is CN1CCC(NC(=O)N2CCOCC2)CC1. The molecule has 5 heteroatoms. The molecule has 0 atom stereocenters. The van der Waals surface area contributed by atoms with Crippen LogP contribution in [0.1, 0.15) is 12.8 Å². The number of carbonyl (C=O) groups excluding carboxylic acids is 1. The number of morpholine rings is 1. The minimum absolute atomic E-state index is 0.0813. The van der Waals surface area contributed by atoms with E-state index in [1.54, 1.807) is 0 Å². The maximum atomic E-state index is 11.9. The van der Waals surface area contributed by atoms with Crippen LogP contribution in [0.15, 0.2) is 0 Å². The summed E-state index contributed by atoms with van der Waals surface area (Å²) in [6.45, 7) is 4.93. The maximum absolute atomic E-state index is 11.9. The first-order valence-corrected chi connectivity index (χ1v) is 6.07. The summed E-state index contributed by atoms with van der Waals surface area (Å²) in [6.07, 6.45) is 2.12. The number of hydrogen-bond donors (Lipinski definition) is 1. The molecular formula is C11H21N3O2. The Bertz CT molecular complexity index is 233. The second-order valence-electron chi connectivity index (χ2n) is 4.63. The van der Waals surface area contributed by atoms with Crippen molar-refractivity contribution in [1.29, 1.82) is 0 Å². The van der Waals surface area contributed by atoms with E-state index in [1.165, 1.54) is 0 Å². The molecule has 16 heavy (non-hydrogen) atoms. The molecule has 0 bridgehead atoms. The van der Waals surface area contributed by atoms with E-state index in [-0.39, 0.29) is 6.03 Å². The van der Waals surface area contributed by atoms with E-state index in [1.807, 2.05) is 4.90 Å². The van der Waals surface area contributed by atoms with Crippen LogP contribution >= 0.6 is 0 Å². The van der Waals surface area contributed by atoms with E-state index < -0.39 is 0 Å². The molecule has 2 aliphatic heterocycles. The second-order valence-corrected chi connectivity index (χ2v) is 4.63. The lowest BCUT2D eigenvalue weighted by Crippen LogP contribution is -2.51. The largest absolute Gasteiger partial charge is 0.378 e. The average Bonchev–Trinajstić information content (AvgIpc) is 2.33. The second kappa shape index (κ2) is 5.50. The number of rotatable bonds is 1. The number of nitrogens with one attached hydrogen (secondary N) is 1. The monoisotopic (exact) mass is 227 g/mol. The molecule has 5 nitrogen and oxygen atoms in total. The molecule has 0 aromatic carbocycles. The van der Waals surface area contributed by atoms with Gasteiger partial charge in [-0.1, -0.05) is 0 Å². The van der Waals surface area contributed by atoms with Crippen molar-refractivity contribution in [2.75, 3.05) is 46.4 Å². The first kappa shape index (κ1) is 11.7. The van der Waals surface area contributed by atoms with Gasteiger partial charge in [-0.15, -0.1) is 0 Å². The zero-order valence-electron chi connectivity index (χ0n) is 9.95. The summed E-state index contributed by atoms with van der Waals surface area (Å²) in [6, 6.07) is 0.435. The van der Waals surface area contributed by atoms with Gasteiger partial charge in [0.2, 0.25) is 0 Å². The molecule has 2 saturated heterocycles. The molecule has 0 aliphatic carbocycles. The molecule has 0 saturated carbocycles. The number of urea groups is 1. The predicted molar refractivity (Wildman–Crippen MR) is 61.4 cm³/mol. The van der Waals surface area contributed by atoms with Gasteiger partial charge in [-0.05, 0) is 33.0 Å². The van der Waals surface area contributed by atoms with Crippen molar-refractivity contribution < 1.29 is 9.53 Å². The first-order chi connectivity index (χ1) is 7.75. The van der Waals surface area contributed by atoms with Crippen LogP contribution in [0.2, 0.25) is 0 Å². The van der Waals surface area contributed by atoms with E-state index in [2.05, 4.69) is 17.3 Å². The third kappa shape index (κ3) is 3.09. The van der Waals surface area contributed by atoms with Crippen LogP contribution in [0, 0.1) is 0 Å². The number of carbonyl (C=O) groups is 1. The van der Waals surface area contributed by atoms with Crippen molar-refractivity contribution in [2.24, 2.45) is 0 Å². The Balaban J connectivity index is 1.73. The van der Waals surface area contributed by atoms with Gasteiger partial charge in [0.25, 0.3) is 0 Å². The molecular weight excluding hydrogens is 206 g/mol. The van der Waals surface area contributed by atoms with Gasteiger partial charge in [-0.2, -0.15) is 0 Å². The van der Waals surface area contributed by atoms with Gasteiger partial charge in [0.05, 0.1) is 13.2 Å². The molecule has 1 N–H and O–H groups in total. The summed E-state index contributed by atoms with van der Waals surface area (Å²) < 4.78 is 5.23. The van der Waals surface area contributed by atoms with Crippen LogP contribution < -0.4 is 5.32 Å². The molecule has 0 aromatic heterocycles. The lowest BCUT2D eigenvalue weighted by molar-refractivity contribution is 0.0518. The van der Waals surface area contributed by atoms with Gasteiger partial charge in [-0.25, -0.2) is 4.79 Å². The van der Waals surface area contributed by atoms with Crippen LogP contribution in [-0.2, 0) is 4.74 Å². The number of ether oxygens (including phenoxy) is 1. The van der Waals surface area contributed by atoms with E-state index in [0.717, 1.165) is 39.0 Å². The van der Waals surface area contributed by atoms with Crippen LogP contribution in [0.25, 0.3) is 0 Å². The average molecular weight is 227 g/mol. The van der Waals surface area contributed by atoms with Crippen molar-refractivity contribution in [3.8, 4) is 0 Å². The molecule has 2 amide bonds. The van der Waals surface area contributed by atoms with E-state index in [9.17, 15) is 4.79 Å². The van der Waals surface area contributed by atoms with Crippen molar-refractivity contribution in [2.45, 2.75) is 18.9 Å². The first-order valence-electron chi connectivity index (χ1n) is 6.07. The highest BCUT2D eigenvalue weighted by atomic mass is 16.5. The lowest BCUT2D eigenvalue weighted by atomic mass is 10.1. The van der Waals surface area contributed by atoms with Gasteiger partial charge in [0, 0.05) is 19.1 Å². The fourth-order valence-electron chi connectivity index (χ4n) is 2.19. The molecule has 2 aliphatic rings. The lowest BCUT2D eigenvalue weighted by Gasteiger charge is -2.33. The smallest absolute Gasteiger partial charge is 0.317 e. The topological polar surface area (TPSA) is 44.8 Å². The zero-order chi connectivity index (χ0) is 11.4. The maximum Gasteiger partial charge on any atom is 0.317 e. The predicted octanol–water partition coefficient (Wildman–Crippen LogP) is 0.122.